The van der Waals surface area contributed by atoms with Crippen LogP contribution in [0, 0.1) is 4.91 Å². The molecular formula is C21H19NO3. The van der Waals surface area contributed by atoms with E-state index in [1.165, 1.54) is 6.42 Å². The van der Waals surface area contributed by atoms with E-state index in [1.807, 2.05) is 42.5 Å². The van der Waals surface area contributed by atoms with Crippen LogP contribution in [0.3, 0.4) is 0 Å². The van der Waals surface area contributed by atoms with Crippen molar-refractivity contribution in [3.05, 3.63) is 70.6 Å². The van der Waals surface area contributed by atoms with Gasteiger partial charge in [0.15, 0.2) is 0 Å². The average molecular weight is 333 g/mol. The number of carbonyl (C=O) groups excluding carboxylic acids is 1. The topological polar surface area (TPSA) is 55.7 Å². The maximum atomic E-state index is 12.8. The second kappa shape index (κ2) is 6.28. The predicted octanol–water partition coefficient (Wildman–Crippen LogP) is 5.26. The van der Waals surface area contributed by atoms with E-state index >= 15 is 0 Å². The van der Waals surface area contributed by atoms with Gasteiger partial charge >= 0.3 is 5.97 Å². The molecule has 2 aliphatic rings. The first kappa shape index (κ1) is 15.8. The number of benzene rings is 2. The van der Waals surface area contributed by atoms with E-state index in [0.29, 0.717) is 11.3 Å². The molecule has 4 heteroatoms. The fraction of sp³-hybridized carbons (Fsp3) is 0.286. The van der Waals surface area contributed by atoms with Crippen molar-refractivity contribution >= 4 is 22.8 Å². The minimum atomic E-state index is -0.545. The molecule has 1 heterocycles. The molecule has 0 amide bonds. The van der Waals surface area contributed by atoms with Gasteiger partial charge in [-0.3, -0.25) is 0 Å². The number of nitrogens with zero attached hydrogens (tertiary/aromatic N) is 1. The third kappa shape index (κ3) is 2.68. The normalized spacial score (nSPS) is 19.1. The monoisotopic (exact) mass is 333 g/mol. The van der Waals surface area contributed by atoms with E-state index in [1.54, 1.807) is 12.1 Å². The van der Waals surface area contributed by atoms with Crippen LogP contribution in [0.15, 0.2) is 59.8 Å². The largest absolute Gasteiger partial charge is 0.451 e. The zero-order chi connectivity index (χ0) is 17.3. The van der Waals surface area contributed by atoms with Crippen molar-refractivity contribution in [3.63, 3.8) is 0 Å². The standard InChI is InChI=1S/C21H19NO3/c23-20-18(15-7-3-1-4-8-15)19(16-9-11-17(22-24)12-10-16)21(25-20)13-5-2-6-14-21/h1,3-4,7-12H,2,5-6,13-14H2. The first-order chi connectivity index (χ1) is 12.2. The molecule has 1 aliphatic heterocycles. The zero-order valence-corrected chi connectivity index (χ0v) is 13.9. The number of hydrogen-bond acceptors (Lipinski definition) is 4. The molecule has 0 bridgehead atoms. The molecule has 1 spiro atoms. The highest BCUT2D eigenvalue weighted by Crippen LogP contribution is 2.51. The molecule has 1 aliphatic carbocycles. The second-order valence-corrected chi connectivity index (χ2v) is 6.70. The third-order valence-corrected chi connectivity index (χ3v) is 5.18. The predicted molar refractivity (Wildman–Crippen MR) is 97.1 cm³/mol. The Balaban J connectivity index is 1.93. The van der Waals surface area contributed by atoms with Crippen LogP contribution in [0.25, 0.3) is 11.1 Å². The van der Waals surface area contributed by atoms with Crippen molar-refractivity contribution in [1.82, 2.24) is 0 Å². The van der Waals surface area contributed by atoms with Gasteiger partial charge in [-0.1, -0.05) is 48.9 Å². The van der Waals surface area contributed by atoms with Crippen LogP contribution in [0.2, 0.25) is 0 Å². The third-order valence-electron chi connectivity index (χ3n) is 5.18. The summed E-state index contributed by atoms with van der Waals surface area (Å²) < 4.78 is 5.98. The smallest absolute Gasteiger partial charge is 0.340 e. The molecule has 1 saturated carbocycles. The van der Waals surface area contributed by atoms with Gasteiger partial charge in [0, 0.05) is 5.57 Å². The van der Waals surface area contributed by atoms with Gasteiger partial charge in [0.05, 0.1) is 5.57 Å². The summed E-state index contributed by atoms with van der Waals surface area (Å²) in [6.45, 7) is 0. The fourth-order valence-electron chi connectivity index (χ4n) is 4.05. The number of hydrogen-bond donors (Lipinski definition) is 0. The number of rotatable bonds is 3. The van der Waals surface area contributed by atoms with E-state index in [9.17, 15) is 9.70 Å². The van der Waals surface area contributed by atoms with Crippen molar-refractivity contribution in [1.29, 1.82) is 0 Å². The van der Waals surface area contributed by atoms with Crippen molar-refractivity contribution < 1.29 is 9.53 Å². The molecule has 0 N–H and O–H groups in total. The molecule has 2 aromatic rings. The van der Waals surface area contributed by atoms with E-state index in [-0.39, 0.29) is 5.97 Å². The van der Waals surface area contributed by atoms with Crippen LogP contribution >= 0.6 is 0 Å². The highest BCUT2D eigenvalue weighted by molar-refractivity contribution is 6.28. The van der Waals surface area contributed by atoms with Gasteiger partial charge < -0.3 is 4.74 Å². The van der Waals surface area contributed by atoms with Crippen LogP contribution in [0.4, 0.5) is 5.69 Å². The van der Waals surface area contributed by atoms with Crippen LogP contribution in [-0.2, 0) is 9.53 Å². The Kier molecular flexibility index (Phi) is 3.96. The van der Waals surface area contributed by atoms with Crippen molar-refractivity contribution in [2.75, 3.05) is 0 Å². The molecule has 4 rings (SSSR count). The van der Waals surface area contributed by atoms with Gasteiger partial charge in [-0.2, -0.15) is 0 Å². The van der Waals surface area contributed by atoms with Crippen molar-refractivity contribution in [2.45, 2.75) is 37.7 Å². The summed E-state index contributed by atoms with van der Waals surface area (Å²) in [4.78, 5) is 23.5. The number of carbonyl (C=O) groups is 1. The average Bonchev–Trinajstić information content (AvgIpc) is 2.94. The molecular weight excluding hydrogens is 314 g/mol. The number of ether oxygens (including phenoxy) is 1. The fourth-order valence-corrected chi connectivity index (χ4v) is 4.05. The minimum absolute atomic E-state index is 0.249. The molecule has 2 aromatic carbocycles. The SMILES string of the molecule is O=Nc1ccc(C2=C(c3ccccc3)C(=O)OC23CCCCC3)cc1. The van der Waals surface area contributed by atoms with Crippen molar-refractivity contribution in [2.24, 2.45) is 5.18 Å². The van der Waals surface area contributed by atoms with E-state index in [2.05, 4.69) is 5.18 Å². The summed E-state index contributed by atoms with van der Waals surface area (Å²) in [6.07, 6.45) is 4.96. The molecule has 25 heavy (non-hydrogen) atoms. The van der Waals surface area contributed by atoms with Gasteiger partial charge in [-0.15, -0.1) is 4.91 Å². The first-order valence-electron chi connectivity index (χ1n) is 8.71. The lowest BCUT2D eigenvalue weighted by Crippen LogP contribution is -2.33. The van der Waals surface area contributed by atoms with Crippen LogP contribution in [0.1, 0.15) is 43.2 Å². The Labute approximate surface area is 146 Å². The summed E-state index contributed by atoms with van der Waals surface area (Å²) >= 11 is 0. The Morgan fingerprint density at radius 3 is 2.16 bits per heavy atom. The summed E-state index contributed by atoms with van der Waals surface area (Å²) in [7, 11) is 0. The Hall–Kier alpha value is -2.75. The van der Waals surface area contributed by atoms with E-state index in [0.717, 1.165) is 42.4 Å². The molecule has 0 unspecified atom stereocenters. The zero-order valence-electron chi connectivity index (χ0n) is 13.9. The number of nitroso groups, excluding NO2 is 1. The Bertz CT molecular complexity index is 831. The summed E-state index contributed by atoms with van der Waals surface area (Å²) in [5.41, 5.74) is 3.25. The van der Waals surface area contributed by atoms with Crippen LogP contribution in [-0.4, -0.2) is 11.6 Å². The lowest BCUT2D eigenvalue weighted by atomic mass is 9.75. The highest BCUT2D eigenvalue weighted by Gasteiger charge is 2.48. The van der Waals surface area contributed by atoms with Gasteiger partial charge in [0.25, 0.3) is 0 Å². The van der Waals surface area contributed by atoms with E-state index in [4.69, 9.17) is 4.74 Å². The number of esters is 1. The molecule has 1 fully saturated rings. The van der Waals surface area contributed by atoms with Crippen molar-refractivity contribution in [3.8, 4) is 0 Å². The van der Waals surface area contributed by atoms with E-state index < -0.39 is 5.60 Å². The highest BCUT2D eigenvalue weighted by atomic mass is 16.6. The van der Waals surface area contributed by atoms with Gasteiger partial charge in [-0.25, -0.2) is 4.79 Å². The lowest BCUT2D eigenvalue weighted by Gasteiger charge is -2.34. The van der Waals surface area contributed by atoms with Crippen LogP contribution < -0.4 is 0 Å². The first-order valence-corrected chi connectivity index (χ1v) is 8.71. The van der Waals surface area contributed by atoms with Gasteiger partial charge in [0.2, 0.25) is 0 Å². The summed E-state index contributed by atoms with van der Waals surface area (Å²) in [6, 6.07) is 16.8. The molecule has 0 aromatic heterocycles. The molecule has 0 saturated heterocycles. The molecule has 4 nitrogen and oxygen atoms in total. The molecule has 0 atom stereocenters. The Morgan fingerprint density at radius 1 is 0.840 bits per heavy atom. The maximum Gasteiger partial charge on any atom is 0.340 e. The lowest BCUT2D eigenvalue weighted by molar-refractivity contribution is -0.146. The second-order valence-electron chi connectivity index (χ2n) is 6.70. The van der Waals surface area contributed by atoms with Gasteiger partial charge in [-0.05, 0) is 54.1 Å². The summed E-state index contributed by atoms with van der Waals surface area (Å²) in [5, 5.41) is 2.97. The van der Waals surface area contributed by atoms with Gasteiger partial charge in [0.1, 0.15) is 11.3 Å². The quantitative estimate of drug-likeness (QED) is 0.569. The molecule has 126 valence electrons. The maximum absolute atomic E-state index is 12.8. The molecule has 0 radical (unpaired) electrons. The van der Waals surface area contributed by atoms with Crippen LogP contribution in [0.5, 0.6) is 0 Å². The minimum Gasteiger partial charge on any atom is -0.451 e. The summed E-state index contributed by atoms with van der Waals surface area (Å²) in [5.74, 6) is -0.249. The Morgan fingerprint density at radius 2 is 1.52 bits per heavy atom.